The molecule has 0 aliphatic heterocycles. The molecule has 2 aromatic rings. The van der Waals surface area contributed by atoms with Gasteiger partial charge in [-0.2, -0.15) is 13.2 Å². The van der Waals surface area contributed by atoms with E-state index >= 15 is 0 Å². The molecule has 0 saturated carbocycles. The van der Waals surface area contributed by atoms with Gasteiger partial charge in [0.25, 0.3) is 0 Å². The van der Waals surface area contributed by atoms with Crippen LogP contribution in [0.4, 0.5) is 13.2 Å². The summed E-state index contributed by atoms with van der Waals surface area (Å²) in [6.45, 7) is -0.820. The molecule has 0 fully saturated rings. The lowest BCUT2D eigenvalue weighted by Crippen LogP contribution is -2.12. The molecule has 0 saturated heterocycles. The van der Waals surface area contributed by atoms with Gasteiger partial charge in [-0.3, -0.25) is 0 Å². The molecule has 2 heterocycles. The molecule has 2 rings (SSSR count). The van der Waals surface area contributed by atoms with Gasteiger partial charge < -0.3 is 14.6 Å². The number of esters is 1. The molecule has 10 heteroatoms. The average Bonchev–Trinajstić information content (AvgIpc) is 2.86. The fraction of sp³-hybridized carbons (Fsp3) is 0.250. The van der Waals surface area contributed by atoms with Gasteiger partial charge in [-0.15, -0.1) is 11.3 Å². The number of aromatic nitrogens is 1. The summed E-state index contributed by atoms with van der Waals surface area (Å²) in [4.78, 5) is 25.4. The summed E-state index contributed by atoms with van der Waals surface area (Å²) in [5.41, 5.74) is -1.53. The number of halogens is 3. The first-order valence-corrected chi connectivity index (χ1v) is 6.54. The topological polar surface area (TPSA) is 85.7 Å². The monoisotopic (exact) mass is 335 g/mol. The van der Waals surface area contributed by atoms with E-state index in [1.54, 1.807) is 0 Å². The maximum Gasteiger partial charge on any atom is 0.433 e. The highest BCUT2D eigenvalue weighted by Gasteiger charge is 2.34. The van der Waals surface area contributed by atoms with E-state index in [0.29, 0.717) is 6.07 Å². The molecule has 0 aliphatic carbocycles. The summed E-state index contributed by atoms with van der Waals surface area (Å²) in [6, 6.07) is 0.596. The van der Waals surface area contributed by atoms with Crippen LogP contribution in [0.5, 0.6) is 5.75 Å². The number of rotatable bonds is 4. The van der Waals surface area contributed by atoms with Gasteiger partial charge in [0.05, 0.1) is 12.5 Å². The second kappa shape index (κ2) is 5.79. The van der Waals surface area contributed by atoms with E-state index in [9.17, 15) is 22.8 Å². The van der Waals surface area contributed by atoms with Gasteiger partial charge in [0.2, 0.25) is 0 Å². The van der Waals surface area contributed by atoms with E-state index in [4.69, 9.17) is 9.84 Å². The third-order valence-corrected chi connectivity index (χ3v) is 3.49. The number of carboxylic acid groups (broad SMARTS) is 1. The number of methoxy groups -OCH3 is 1. The third kappa shape index (κ3) is 3.11. The number of aliphatic carboxylic acids is 1. The number of nitrogens with zero attached hydrogens (tertiary/aromatic N) is 1. The minimum atomic E-state index is -4.77. The van der Waals surface area contributed by atoms with Crippen molar-refractivity contribution in [1.82, 2.24) is 4.98 Å². The smallest absolute Gasteiger partial charge is 0.433 e. The Bertz CT molecular complexity index is 740. The lowest BCUT2D eigenvalue weighted by molar-refractivity contribution is -0.141. The Morgan fingerprint density at radius 2 is 2.09 bits per heavy atom. The maximum absolute atomic E-state index is 12.9. The van der Waals surface area contributed by atoms with Crippen molar-refractivity contribution in [2.75, 3.05) is 13.7 Å². The zero-order valence-corrected chi connectivity index (χ0v) is 11.7. The van der Waals surface area contributed by atoms with E-state index in [1.807, 2.05) is 0 Å². The number of carboxylic acids is 1. The molecule has 0 unspecified atom stereocenters. The number of hydrogen-bond acceptors (Lipinski definition) is 6. The number of ether oxygens (including phenoxy) is 2. The summed E-state index contributed by atoms with van der Waals surface area (Å²) in [6.07, 6.45) is -4.77. The van der Waals surface area contributed by atoms with Crippen molar-refractivity contribution >= 4 is 34.2 Å². The average molecular weight is 335 g/mol. The predicted molar refractivity (Wildman–Crippen MR) is 69.1 cm³/mol. The number of alkyl halides is 3. The van der Waals surface area contributed by atoms with E-state index in [-0.39, 0.29) is 21.5 Å². The van der Waals surface area contributed by atoms with E-state index < -0.39 is 30.4 Å². The number of hydrogen-bond donors (Lipinski definition) is 1. The number of pyridine rings is 1. The first-order chi connectivity index (χ1) is 10.2. The lowest BCUT2D eigenvalue weighted by Gasteiger charge is -2.10. The van der Waals surface area contributed by atoms with Crippen LogP contribution in [0, 0.1) is 0 Å². The Morgan fingerprint density at radius 1 is 1.41 bits per heavy atom. The highest BCUT2D eigenvalue weighted by Crippen LogP contribution is 2.37. The van der Waals surface area contributed by atoms with Crippen LogP contribution in [0.1, 0.15) is 15.4 Å². The highest BCUT2D eigenvalue weighted by atomic mass is 32.1. The molecule has 6 nitrogen and oxygen atoms in total. The molecule has 0 spiro atoms. The minimum absolute atomic E-state index is 0.111. The first-order valence-electron chi connectivity index (χ1n) is 5.66. The quantitative estimate of drug-likeness (QED) is 0.864. The molecule has 0 radical (unpaired) electrons. The van der Waals surface area contributed by atoms with Gasteiger partial charge in [0.15, 0.2) is 6.61 Å². The van der Waals surface area contributed by atoms with Gasteiger partial charge in [-0.05, 0) is 0 Å². The summed E-state index contributed by atoms with van der Waals surface area (Å²) in [5.74, 6) is -2.50. The first kappa shape index (κ1) is 16.0. The maximum atomic E-state index is 12.9. The van der Waals surface area contributed by atoms with Crippen LogP contribution in [0.3, 0.4) is 0 Å². The molecule has 118 valence electrons. The van der Waals surface area contributed by atoms with Crippen molar-refractivity contribution in [3.05, 3.63) is 22.0 Å². The normalized spacial score (nSPS) is 11.5. The van der Waals surface area contributed by atoms with E-state index in [0.717, 1.165) is 18.4 Å². The van der Waals surface area contributed by atoms with E-state index in [2.05, 4.69) is 9.72 Å². The summed E-state index contributed by atoms with van der Waals surface area (Å²) < 4.78 is 47.9. The lowest BCUT2D eigenvalue weighted by atomic mass is 10.2. The Kier molecular flexibility index (Phi) is 4.22. The molecular formula is C12H8F3NO5S. The molecule has 22 heavy (non-hydrogen) atoms. The number of thiophene rings is 1. The Morgan fingerprint density at radius 3 is 2.64 bits per heavy atom. The fourth-order valence-corrected chi connectivity index (χ4v) is 2.54. The van der Waals surface area contributed by atoms with Crippen molar-refractivity contribution in [1.29, 1.82) is 0 Å². The van der Waals surface area contributed by atoms with Crippen molar-refractivity contribution in [2.24, 2.45) is 0 Å². The van der Waals surface area contributed by atoms with Gasteiger partial charge in [-0.1, -0.05) is 0 Å². The fourth-order valence-electron chi connectivity index (χ4n) is 1.63. The van der Waals surface area contributed by atoms with Crippen molar-refractivity contribution in [3.8, 4) is 5.75 Å². The van der Waals surface area contributed by atoms with Crippen molar-refractivity contribution in [3.63, 3.8) is 0 Å². The zero-order chi connectivity index (χ0) is 16.5. The predicted octanol–water partition coefficient (Wildman–Crippen LogP) is 2.57. The summed E-state index contributed by atoms with van der Waals surface area (Å²) in [7, 11) is 1.09. The Hall–Kier alpha value is -2.36. The van der Waals surface area contributed by atoms with Gasteiger partial charge in [0, 0.05) is 11.4 Å². The van der Waals surface area contributed by atoms with Crippen LogP contribution < -0.4 is 4.74 Å². The minimum Gasteiger partial charge on any atom is -0.481 e. The number of carbonyl (C=O) groups excluding carboxylic acids is 1. The molecule has 2 aromatic heterocycles. The number of fused-ring (bicyclic) bond motifs is 1. The Balaban J connectivity index is 2.64. The largest absolute Gasteiger partial charge is 0.481 e. The van der Waals surface area contributed by atoms with Crippen LogP contribution in [0.2, 0.25) is 0 Å². The van der Waals surface area contributed by atoms with Gasteiger partial charge in [0.1, 0.15) is 21.8 Å². The zero-order valence-electron chi connectivity index (χ0n) is 10.9. The van der Waals surface area contributed by atoms with Crippen LogP contribution in [0.25, 0.3) is 10.9 Å². The molecule has 0 atom stereocenters. The van der Waals surface area contributed by atoms with Crippen LogP contribution in [0.15, 0.2) is 11.4 Å². The van der Waals surface area contributed by atoms with Crippen LogP contribution in [-0.2, 0) is 15.7 Å². The van der Waals surface area contributed by atoms with Crippen LogP contribution in [-0.4, -0.2) is 35.7 Å². The van der Waals surface area contributed by atoms with Crippen molar-refractivity contribution < 1.29 is 37.3 Å². The highest BCUT2D eigenvalue weighted by molar-refractivity contribution is 7.13. The summed E-state index contributed by atoms with van der Waals surface area (Å²) in [5, 5.41) is 10.0. The second-order valence-electron chi connectivity index (χ2n) is 4.00. The van der Waals surface area contributed by atoms with Crippen LogP contribution >= 0.6 is 11.3 Å². The molecule has 1 N–H and O–H groups in total. The standard InChI is InChI=1S/C12H8F3NO5S/c1-20-11(19)10-9-5(4-22-10)6(21-3-8(17)18)2-7(16-9)12(13,14)15/h2,4H,3H2,1H3,(H,17,18). The molecule has 0 aliphatic rings. The Labute approximate surface area is 125 Å². The van der Waals surface area contributed by atoms with E-state index in [1.165, 1.54) is 5.38 Å². The number of carbonyl (C=O) groups is 2. The second-order valence-corrected chi connectivity index (χ2v) is 4.88. The van der Waals surface area contributed by atoms with Crippen molar-refractivity contribution in [2.45, 2.75) is 6.18 Å². The SMILES string of the molecule is COC(=O)c1scc2c(OCC(=O)O)cc(C(F)(F)F)nc12. The molecule has 0 amide bonds. The van der Waals surface area contributed by atoms with Gasteiger partial charge in [-0.25, -0.2) is 14.6 Å². The summed E-state index contributed by atoms with van der Waals surface area (Å²) >= 11 is 0.831. The molecular weight excluding hydrogens is 327 g/mol. The third-order valence-electron chi connectivity index (χ3n) is 2.54. The molecule has 0 bridgehead atoms. The van der Waals surface area contributed by atoms with Gasteiger partial charge >= 0.3 is 18.1 Å². The molecule has 0 aromatic carbocycles.